The maximum Gasteiger partial charge on any atom is 0.331 e. The number of fused-ring (bicyclic) bond motifs is 1. The number of hydrogen-bond acceptors (Lipinski definition) is 7. The summed E-state index contributed by atoms with van der Waals surface area (Å²) < 4.78 is 30.4. The number of sulfone groups is 1. The number of nitriles is 1. The standard InChI is InChI=1S/C34H29ClN6O4S/c1-2-31(46(44,45)28-11-8-24(23-36)9-12-28)40-29-13-10-26(35)22-30(29)41(34(40)43)32(25-6-4-3-5-7-25)33(42)39-20-18-38(19-21-39)27-14-16-37-17-15-27/h2-17,22,31-32H,1,18-21H2. The van der Waals surface area contributed by atoms with Crippen LogP contribution >= 0.6 is 11.6 Å². The molecule has 1 saturated heterocycles. The van der Waals surface area contributed by atoms with E-state index in [4.69, 9.17) is 11.6 Å². The van der Waals surface area contributed by atoms with E-state index in [0.717, 1.165) is 10.3 Å². The smallest absolute Gasteiger partial charge is 0.331 e. The average molecular weight is 653 g/mol. The molecule has 46 heavy (non-hydrogen) atoms. The van der Waals surface area contributed by atoms with Gasteiger partial charge in [0.1, 0.15) is 6.04 Å². The van der Waals surface area contributed by atoms with Gasteiger partial charge in [-0.3, -0.25) is 18.9 Å². The lowest BCUT2D eigenvalue weighted by Gasteiger charge is -2.37. The Kier molecular flexibility index (Phi) is 8.49. The summed E-state index contributed by atoms with van der Waals surface area (Å²) in [6, 6.07) is 23.8. The summed E-state index contributed by atoms with van der Waals surface area (Å²) in [6.45, 7) is 5.78. The Morgan fingerprint density at radius 2 is 1.59 bits per heavy atom. The molecule has 2 unspecified atom stereocenters. The van der Waals surface area contributed by atoms with Crippen LogP contribution in [-0.4, -0.2) is 59.5 Å². The average Bonchev–Trinajstić information content (AvgIpc) is 3.36. The van der Waals surface area contributed by atoms with Gasteiger partial charge >= 0.3 is 5.69 Å². The van der Waals surface area contributed by atoms with Gasteiger partial charge in [0.05, 0.1) is 27.6 Å². The molecule has 1 fully saturated rings. The lowest BCUT2D eigenvalue weighted by atomic mass is 10.0. The summed E-state index contributed by atoms with van der Waals surface area (Å²) in [5.41, 5.74) is 1.73. The molecule has 10 nitrogen and oxygen atoms in total. The molecule has 1 aliphatic heterocycles. The lowest BCUT2D eigenvalue weighted by molar-refractivity contribution is -0.133. The zero-order valence-electron chi connectivity index (χ0n) is 24.6. The largest absolute Gasteiger partial charge is 0.368 e. The number of imidazole rings is 1. The van der Waals surface area contributed by atoms with E-state index in [2.05, 4.69) is 16.5 Å². The molecule has 232 valence electrons. The summed E-state index contributed by atoms with van der Waals surface area (Å²) >= 11 is 6.44. The molecule has 12 heteroatoms. The molecular weight excluding hydrogens is 624 g/mol. The van der Waals surface area contributed by atoms with Gasteiger partial charge in [0.25, 0.3) is 5.91 Å². The van der Waals surface area contributed by atoms with Crippen molar-refractivity contribution in [1.29, 1.82) is 5.26 Å². The second-order valence-corrected chi connectivity index (χ2v) is 13.3. The number of carbonyl (C=O) groups is 1. The number of anilines is 1. The van der Waals surface area contributed by atoms with Gasteiger partial charge in [0.15, 0.2) is 5.37 Å². The van der Waals surface area contributed by atoms with E-state index < -0.39 is 26.9 Å². The Bertz CT molecular complexity index is 2120. The molecule has 1 aliphatic rings. The molecule has 0 N–H and O–H groups in total. The Balaban J connectivity index is 1.47. The van der Waals surface area contributed by atoms with Crippen molar-refractivity contribution in [3.05, 3.63) is 137 Å². The van der Waals surface area contributed by atoms with Crippen molar-refractivity contribution < 1.29 is 13.2 Å². The number of rotatable bonds is 8. The number of hydrogen-bond donors (Lipinski definition) is 0. The molecule has 3 aromatic carbocycles. The summed E-state index contributed by atoms with van der Waals surface area (Å²) in [7, 11) is -4.22. The van der Waals surface area contributed by atoms with Crippen molar-refractivity contribution in [1.82, 2.24) is 19.0 Å². The van der Waals surface area contributed by atoms with Gasteiger partial charge in [-0.05, 0) is 60.2 Å². The van der Waals surface area contributed by atoms with Crippen LogP contribution in [0.2, 0.25) is 5.02 Å². The normalized spacial score (nSPS) is 14.9. The highest BCUT2D eigenvalue weighted by molar-refractivity contribution is 7.91. The molecule has 5 aromatic rings. The van der Waals surface area contributed by atoms with E-state index in [1.165, 1.54) is 34.9 Å². The van der Waals surface area contributed by atoms with Gasteiger partial charge in [-0.2, -0.15) is 5.26 Å². The molecule has 0 radical (unpaired) electrons. The number of nitrogens with zero attached hydrogens (tertiary/aromatic N) is 6. The van der Waals surface area contributed by atoms with Crippen LogP contribution in [0, 0.1) is 11.3 Å². The predicted octanol–water partition coefficient (Wildman–Crippen LogP) is 4.82. The van der Waals surface area contributed by atoms with Gasteiger partial charge in [0.2, 0.25) is 9.84 Å². The SMILES string of the molecule is C=CC(n1c(=O)n(C(C(=O)N2CCN(c3ccncc3)CC2)c2ccccc2)c2cc(Cl)ccc21)S(=O)(=O)c1ccc(C#N)cc1. The number of piperazine rings is 1. The van der Waals surface area contributed by atoms with Crippen LogP contribution in [0.5, 0.6) is 0 Å². The van der Waals surface area contributed by atoms with Crippen molar-refractivity contribution >= 4 is 44.1 Å². The number of aromatic nitrogens is 3. The highest BCUT2D eigenvalue weighted by Crippen LogP contribution is 2.32. The van der Waals surface area contributed by atoms with E-state index in [1.54, 1.807) is 59.8 Å². The summed E-state index contributed by atoms with van der Waals surface area (Å²) in [5.74, 6) is -0.299. The topological polar surface area (TPSA) is 121 Å². The lowest BCUT2D eigenvalue weighted by Crippen LogP contribution is -2.51. The van der Waals surface area contributed by atoms with Crippen LogP contribution in [-0.2, 0) is 14.6 Å². The molecule has 2 atom stereocenters. The molecule has 2 aromatic heterocycles. The fraction of sp³-hybridized carbons (Fsp3) is 0.176. The number of amides is 1. The third-order valence-electron chi connectivity index (χ3n) is 8.18. The van der Waals surface area contributed by atoms with Crippen LogP contribution in [0.3, 0.4) is 0 Å². The zero-order valence-corrected chi connectivity index (χ0v) is 26.2. The summed E-state index contributed by atoms with van der Waals surface area (Å²) in [4.78, 5) is 36.9. The van der Waals surface area contributed by atoms with Crippen molar-refractivity contribution in [2.75, 3.05) is 31.1 Å². The van der Waals surface area contributed by atoms with Gasteiger partial charge in [-0.15, -0.1) is 0 Å². The van der Waals surface area contributed by atoms with Gasteiger partial charge in [0, 0.05) is 49.3 Å². The Labute approximate surface area is 270 Å². The monoisotopic (exact) mass is 652 g/mol. The van der Waals surface area contributed by atoms with Crippen LogP contribution in [0.1, 0.15) is 22.5 Å². The minimum absolute atomic E-state index is 0.0825. The second kappa shape index (κ2) is 12.7. The molecule has 0 saturated carbocycles. The Hall–Kier alpha value is -5.18. The molecule has 6 rings (SSSR count). The van der Waals surface area contributed by atoms with Crippen molar-refractivity contribution in [3.8, 4) is 6.07 Å². The molecule has 0 aliphatic carbocycles. The molecule has 0 bridgehead atoms. The van der Waals surface area contributed by atoms with Crippen LogP contribution in [0.4, 0.5) is 5.69 Å². The van der Waals surface area contributed by atoms with E-state index in [1.807, 2.05) is 24.3 Å². The first-order valence-corrected chi connectivity index (χ1v) is 16.4. The molecule has 1 amide bonds. The maximum absolute atomic E-state index is 14.6. The fourth-order valence-corrected chi connectivity index (χ4v) is 7.59. The zero-order chi connectivity index (χ0) is 32.4. The first-order valence-electron chi connectivity index (χ1n) is 14.5. The van der Waals surface area contributed by atoms with Crippen LogP contribution < -0.4 is 10.6 Å². The second-order valence-electron chi connectivity index (χ2n) is 10.8. The quantitative estimate of drug-likeness (QED) is 0.220. The highest BCUT2D eigenvalue weighted by atomic mass is 35.5. The van der Waals surface area contributed by atoms with E-state index in [-0.39, 0.29) is 16.3 Å². The van der Waals surface area contributed by atoms with Crippen molar-refractivity contribution in [2.24, 2.45) is 0 Å². The maximum atomic E-state index is 14.6. The number of pyridine rings is 1. The van der Waals surface area contributed by atoms with Crippen molar-refractivity contribution in [2.45, 2.75) is 16.3 Å². The van der Waals surface area contributed by atoms with Gasteiger partial charge in [-0.1, -0.05) is 54.6 Å². The van der Waals surface area contributed by atoms with Gasteiger partial charge < -0.3 is 9.80 Å². The minimum Gasteiger partial charge on any atom is -0.368 e. The fourth-order valence-electron chi connectivity index (χ4n) is 5.89. The Morgan fingerprint density at radius 3 is 2.22 bits per heavy atom. The van der Waals surface area contributed by atoms with Crippen molar-refractivity contribution in [3.63, 3.8) is 0 Å². The third kappa shape index (κ3) is 5.57. The minimum atomic E-state index is -4.22. The molecular formula is C34H29ClN6O4S. The molecule has 0 spiro atoms. The Morgan fingerprint density at radius 1 is 0.913 bits per heavy atom. The first-order chi connectivity index (χ1) is 22.2. The highest BCUT2D eigenvalue weighted by Gasteiger charge is 2.36. The number of benzene rings is 3. The molecule has 3 heterocycles. The first kappa shape index (κ1) is 30.8. The summed E-state index contributed by atoms with van der Waals surface area (Å²) in [6.07, 6.45) is 4.64. The third-order valence-corrected chi connectivity index (χ3v) is 10.4. The number of carbonyl (C=O) groups excluding carboxylic acids is 1. The van der Waals surface area contributed by atoms with E-state index >= 15 is 0 Å². The number of halogens is 1. The van der Waals surface area contributed by atoms with Crippen LogP contribution in [0.25, 0.3) is 11.0 Å². The van der Waals surface area contributed by atoms with Crippen LogP contribution in [0.15, 0.2) is 120 Å². The summed E-state index contributed by atoms with van der Waals surface area (Å²) in [5, 5.41) is 7.98. The van der Waals surface area contributed by atoms with E-state index in [9.17, 15) is 23.3 Å². The predicted molar refractivity (Wildman–Crippen MR) is 176 cm³/mol. The van der Waals surface area contributed by atoms with E-state index in [0.29, 0.717) is 47.8 Å². The van der Waals surface area contributed by atoms with Gasteiger partial charge in [-0.25, -0.2) is 13.2 Å².